The number of aromatic nitrogens is 4. The number of hydrogen-bond acceptors (Lipinski definition) is 16. The number of amides is 10. The smallest absolute Gasteiger partial charge is 0.407 e. The van der Waals surface area contributed by atoms with Crippen molar-refractivity contribution in [2.45, 2.75) is 128 Å². The van der Waals surface area contributed by atoms with Gasteiger partial charge in [-0.25, -0.2) is 29.5 Å². The number of alkyl carbamates (subject to hydrolysis) is 2. The maximum absolute atomic E-state index is 14.1. The Morgan fingerprint density at radius 1 is 0.404 bits per heavy atom. The van der Waals surface area contributed by atoms with Crippen molar-refractivity contribution in [3.05, 3.63) is 157 Å². The SMILES string of the molecule is COC(=O)NC(C(=O)N1CCCC1C(=O)Nc1ccc(-c2ccc3nc(NC(=O)C4CCCN4C(=O)Cc4cccc(-c5cccc(CC(=O)N6CCCC6C(=O)Nc6ccc(-c7ccc8nc(NC(=O)C9CCCN9C(=O)C(NC(=O)OC)C(C)C)ccc8c7)cn6)c5)c4)ccc3c2)cn1)C(C)C. The van der Waals surface area contributed by atoms with Crippen LogP contribution in [-0.4, -0.2) is 176 Å². The van der Waals surface area contributed by atoms with Crippen LogP contribution in [0.15, 0.2) is 146 Å². The molecule has 4 aliphatic heterocycles. The zero-order chi connectivity index (χ0) is 73.3. The van der Waals surface area contributed by atoms with Gasteiger partial charge < -0.3 is 61.0 Å². The maximum atomic E-state index is 14.1. The van der Waals surface area contributed by atoms with Gasteiger partial charge in [0.25, 0.3) is 0 Å². The second-order valence-electron chi connectivity index (χ2n) is 27.4. The summed E-state index contributed by atoms with van der Waals surface area (Å²) in [5, 5.41) is 18.4. The Labute approximate surface area is 601 Å². The zero-order valence-electron chi connectivity index (χ0n) is 58.9. The second-order valence-corrected chi connectivity index (χ2v) is 27.4. The Morgan fingerprint density at radius 3 is 1.10 bits per heavy atom. The van der Waals surface area contributed by atoms with E-state index in [1.54, 1.807) is 46.5 Å². The predicted molar refractivity (Wildman–Crippen MR) is 391 cm³/mol. The lowest BCUT2D eigenvalue weighted by atomic mass is 9.98. The number of nitrogens with one attached hydrogen (secondary N) is 6. The number of rotatable bonds is 21. The van der Waals surface area contributed by atoms with Gasteiger partial charge in [0.1, 0.15) is 59.5 Å². The molecular formula is C78H84N14O12. The molecule has 4 aromatic heterocycles. The highest BCUT2D eigenvalue weighted by Gasteiger charge is 2.42. The number of likely N-dealkylation sites (tertiary alicyclic amines) is 4. The molecule has 8 heterocycles. The van der Waals surface area contributed by atoms with Crippen molar-refractivity contribution < 1.29 is 57.4 Å². The number of anilines is 4. The van der Waals surface area contributed by atoms with Crippen LogP contribution in [0.3, 0.4) is 0 Å². The van der Waals surface area contributed by atoms with Crippen LogP contribution in [-0.2, 0) is 60.7 Å². The predicted octanol–water partition coefficient (Wildman–Crippen LogP) is 9.54. The van der Waals surface area contributed by atoms with Gasteiger partial charge in [0, 0.05) is 60.5 Å². The molecule has 6 atom stereocenters. The first-order valence-electron chi connectivity index (χ1n) is 35.2. The first kappa shape index (κ1) is 72.1. The van der Waals surface area contributed by atoms with E-state index in [-0.39, 0.29) is 71.9 Å². The van der Waals surface area contributed by atoms with E-state index < -0.39 is 48.4 Å². The maximum Gasteiger partial charge on any atom is 0.407 e. The van der Waals surface area contributed by atoms with Gasteiger partial charge >= 0.3 is 12.2 Å². The van der Waals surface area contributed by atoms with Crippen molar-refractivity contribution in [2.24, 2.45) is 11.8 Å². The fourth-order valence-corrected chi connectivity index (χ4v) is 14.2. The van der Waals surface area contributed by atoms with Crippen LogP contribution in [0.5, 0.6) is 0 Å². The van der Waals surface area contributed by atoms with Crippen molar-refractivity contribution in [3.63, 3.8) is 0 Å². The minimum absolute atomic E-state index is 0.0697. The molecule has 6 N–H and O–H groups in total. The highest BCUT2D eigenvalue weighted by molar-refractivity contribution is 6.02. The van der Waals surface area contributed by atoms with E-state index in [9.17, 15) is 47.9 Å². The van der Waals surface area contributed by atoms with Gasteiger partial charge in [0.05, 0.1) is 38.1 Å². The molecule has 0 saturated carbocycles. The van der Waals surface area contributed by atoms with Crippen molar-refractivity contribution in [2.75, 3.05) is 61.7 Å². The number of carbonyl (C=O) groups is 10. The molecule has 8 aromatic rings. The fraction of sp³-hybridized carbons (Fsp3) is 0.359. The van der Waals surface area contributed by atoms with Crippen molar-refractivity contribution >= 4 is 105 Å². The Kier molecular flexibility index (Phi) is 22.3. The molecule has 0 aliphatic carbocycles. The summed E-state index contributed by atoms with van der Waals surface area (Å²) in [6, 6.07) is 36.4. The fourth-order valence-electron chi connectivity index (χ4n) is 14.2. The van der Waals surface area contributed by atoms with Crippen LogP contribution in [0.2, 0.25) is 0 Å². The van der Waals surface area contributed by atoms with E-state index in [2.05, 4.69) is 46.9 Å². The van der Waals surface area contributed by atoms with Gasteiger partial charge in [-0.2, -0.15) is 0 Å². The number of methoxy groups -OCH3 is 2. The summed E-state index contributed by atoms with van der Waals surface area (Å²) >= 11 is 0. The molecule has 26 nitrogen and oxygen atoms in total. The Balaban J connectivity index is 0.604. The van der Waals surface area contributed by atoms with Crippen LogP contribution in [0.1, 0.15) is 90.2 Å². The van der Waals surface area contributed by atoms with Gasteiger partial charge in [-0.3, -0.25) is 38.4 Å². The van der Waals surface area contributed by atoms with Gasteiger partial charge in [-0.05, 0) is 169 Å². The van der Waals surface area contributed by atoms with Gasteiger partial charge in [-0.15, -0.1) is 0 Å². The highest BCUT2D eigenvalue weighted by atomic mass is 16.5. The van der Waals surface area contributed by atoms with Gasteiger partial charge in [0.15, 0.2) is 0 Å². The first-order chi connectivity index (χ1) is 50.2. The van der Waals surface area contributed by atoms with E-state index in [4.69, 9.17) is 14.5 Å². The van der Waals surface area contributed by atoms with Crippen molar-refractivity contribution in [1.29, 1.82) is 0 Å². The van der Waals surface area contributed by atoms with E-state index >= 15 is 0 Å². The molecule has 0 radical (unpaired) electrons. The monoisotopic (exact) mass is 1410 g/mol. The molecule has 4 saturated heterocycles. The second kappa shape index (κ2) is 32.1. The first-order valence-corrected chi connectivity index (χ1v) is 35.2. The molecule has 26 heteroatoms. The summed E-state index contributed by atoms with van der Waals surface area (Å²) in [6.07, 6.45) is 6.54. The number of fused-ring (bicyclic) bond motifs is 2. The molecule has 4 fully saturated rings. The number of carbonyl (C=O) groups excluding carboxylic acids is 10. The van der Waals surface area contributed by atoms with E-state index in [1.807, 2.05) is 137 Å². The quantitative estimate of drug-likeness (QED) is 0.0390. The van der Waals surface area contributed by atoms with Gasteiger partial charge in [-0.1, -0.05) is 88.4 Å². The molecule has 12 rings (SSSR count). The minimum Gasteiger partial charge on any atom is -0.453 e. The average Bonchev–Trinajstić information content (AvgIpc) is 0.958. The molecule has 10 amide bonds. The molecule has 4 aliphatic rings. The van der Waals surface area contributed by atoms with Crippen molar-refractivity contribution in [3.8, 4) is 33.4 Å². The highest BCUT2D eigenvalue weighted by Crippen LogP contribution is 2.32. The molecule has 538 valence electrons. The Bertz CT molecular complexity index is 4610. The number of nitrogens with zero attached hydrogens (tertiary/aromatic N) is 8. The van der Waals surface area contributed by atoms with Crippen LogP contribution in [0.25, 0.3) is 55.2 Å². The van der Waals surface area contributed by atoms with Crippen LogP contribution in [0, 0.1) is 11.8 Å². The molecular weight excluding hydrogens is 1320 g/mol. The molecule has 0 bridgehead atoms. The lowest BCUT2D eigenvalue weighted by molar-refractivity contribution is -0.139. The average molecular weight is 1410 g/mol. The number of ether oxygens (including phenoxy) is 2. The summed E-state index contributed by atoms with van der Waals surface area (Å²) in [7, 11) is 2.46. The molecule has 6 unspecified atom stereocenters. The normalized spacial score (nSPS) is 17.7. The zero-order valence-corrected chi connectivity index (χ0v) is 58.9. The van der Waals surface area contributed by atoms with Crippen LogP contribution in [0.4, 0.5) is 32.9 Å². The summed E-state index contributed by atoms with van der Waals surface area (Å²) in [5.41, 5.74) is 7.78. The number of pyridine rings is 4. The molecule has 104 heavy (non-hydrogen) atoms. The number of benzene rings is 4. The lowest BCUT2D eigenvalue weighted by Crippen LogP contribution is -2.54. The van der Waals surface area contributed by atoms with E-state index in [0.717, 1.165) is 55.3 Å². The summed E-state index contributed by atoms with van der Waals surface area (Å²) in [6.45, 7) is 8.88. The topological polar surface area (TPSA) is 326 Å². The largest absolute Gasteiger partial charge is 0.453 e. The third-order valence-electron chi connectivity index (χ3n) is 19.7. The van der Waals surface area contributed by atoms with Crippen molar-refractivity contribution in [1.82, 2.24) is 50.2 Å². The molecule has 0 spiro atoms. The number of hydrogen-bond donors (Lipinski definition) is 6. The van der Waals surface area contributed by atoms with E-state index in [1.165, 1.54) is 24.0 Å². The summed E-state index contributed by atoms with van der Waals surface area (Å²) in [4.78, 5) is 159. The van der Waals surface area contributed by atoms with Gasteiger partial charge in [0.2, 0.25) is 47.3 Å². The van der Waals surface area contributed by atoms with Crippen LogP contribution < -0.4 is 31.9 Å². The lowest BCUT2D eigenvalue weighted by Gasteiger charge is -2.30. The standard InChI is InChI=1S/C78H84N14O12/c1-45(2)69(87-77(101)103-5)75(99)91-35-11-19-61(91)73(97)84-64-30-26-56(44-80-64)52-21-27-57-53(41-52)23-31-65(81-57)85-72(96)60-18-10-34-90(60)68(94)40-48-14-8-16-50(38-48)49-15-7-13-47(37-49)39-67(93)89-33-9-17-59(89)71(95)83-63-29-25-55(43-79-63)51-22-28-58-54(42-51)24-32-66(82-58)86-74(98)62-20-12-36-92(62)76(100)70(46(3)4)88-78(102)104-6/h7-8,13-16,21-32,37-38,41-46,59-62,69-70H,9-12,17-20,33-36,39-40H2,1-6H3,(H,87,101)(H,88,102)(H,79,83,95)(H,80,84,97)(H,81,85,96)(H,82,86,98). The summed E-state index contributed by atoms with van der Waals surface area (Å²) in [5.74, 6) is -1.58. The summed E-state index contributed by atoms with van der Waals surface area (Å²) < 4.78 is 9.44. The Hall–Kier alpha value is -11.7. The third-order valence-corrected chi connectivity index (χ3v) is 19.7. The third kappa shape index (κ3) is 16.6. The molecule has 4 aromatic carbocycles. The van der Waals surface area contributed by atoms with E-state index in [0.29, 0.717) is 112 Å². The Morgan fingerprint density at radius 2 is 0.740 bits per heavy atom. The minimum atomic E-state index is -0.851. The van der Waals surface area contributed by atoms with Crippen LogP contribution >= 0.6 is 0 Å².